The van der Waals surface area contributed by atoms with Gasteiger partial charge in [0.1, 0.15) is 5.82 Å². The van der Waals surface area contributed by atoms with Crippen molar-refractivity contribution in [1.82, 2.24) is 4.98 Å². The third kappa shape index (κ3) is 4.75. The van der Waals surface area contributed by atoms with Gasteiger partial charge in [-0.2, -0.15) is 0 Å². The quantitative estimate of drug-likeness (QED) is 0.468. The standard InChI is InChI=1S/C25H24ClN3O3/c1-15-21(26)14-28-23(22(15)29-24(30)18-11-12-18)27-13-16-7-9-17(10-8-16)19-5-3-4-6-20(19)25(31)32-2/h3-10,14,18H,11-13H2,1-2H3,(H,27,28)(H,29,30). The molecule has 1 amide bonds. The summed E-state index contributed by atoms with van der Waals surface area (Å²) in [5.41, 5.74) is 4.70. The molecule has 1 aliphatic rings. The van der Waals surface area contributed by atoms with Crippen LogP contribution in [0.15, 0.2) is 54.7 Å². The summed E-state index contributed by atoms with van der Waals surface area (Å²) >= 11 is 6.23. The minimum Gasteiger partial charge on any atom is -0.465 e. The largest absolute Gasteiger partial charge is 0.465 e. The number of hydrogen-bond acceptors (Lipinski definition) is 5. The highest BCUT2D eigenvalue weighted by molar-refractivity contribution is 6.31. The third-order valence-corrected chi connectivity index (χ3v) is 5.91. The normalized spacial score (nSPS) is 12.8. The number of anilines is 2. The van der Waals surface area contributed by atoms with Crippen LogP contribution < -0.4 is 10.6 Å². The average molecular weight is 450 g/mol. The lowest BCUT2D eigenvalue weighted by atomic mass is 9.98. The van der Waals surface area contributed by atoms with Gasteiger partial charge < -0.3 is 15.4 Å². The van der Waals surface area contributed by atoms with Crippen molar-refractivity contribution in [2.24, 2.45) is 5.92 Å². The molecule has 6 nitrogen and oxygen atoms in total. The molecule has 0 bridgehead atoms. The molecule has 0 unspecified atom stereocenters. The van der Waals surface area contributed by atoms with Gasteiger partial charge in [-0.1, -0.05) is 54.1 Å². The first-order valence-corrected chi connectivity index (χ1v) is 10.8. The number of ether oxygens (including phenoxy) is 1. The minimum atomic E-state index is -0.365. The Labute approximate surface area is 192 Å². The van der Waals surface area contributed by atoms with E-state index in [1.54, 1.807) is 12.3 Å². The zero-order valence-corrected chi connectivity index (χ0v) is 18.7. The van der Waals surface area contributed by atoms with Crippen LogP contribution in [0.25, 0.3) is 11.1 Å². The molecule has 1 saturated carbocycles. The first-order valence-electron chi connectivity index (χ1n) is 10.4. The van der Waals surface area contributed by atoms with E-state index >= 15 is 0 Å². The summed E-state index contributed by atoms with van der Waals surface area (Å²) in [4.78, 5) is 28.7. The molecule has 0 saturated heterocycles. The van der Waals surface area contributed by atoms with Gasteiger partial charge in [0.2, 0.25) is 5.91 Å². The molecule has 0 radical (unpaired) electrons. The molecule has 164 valence electrons. The van der Waals surface area contributed by atoms with Crippen molar-refractivity contribution in [3.05, 3.63) is 76.4 Å². The smallest absolute Gasteiger partial charge is 0.338 e. The summed E-state index contributed by atoms with van der Waals surface area (Å²) in [5.74, 6) is 0.313. The number of pyridine rings is 1. The van der Waals surface area contributed by atoms with E-state index < -0.39 is 0 Å². The Morgan fingerprint density at radius 1 is 1.12 bits per heavy atom. The predicted molar refractivity (Wildman–Crippen MR) is 126 cm³/mol. The number of carbonyl (C=O) groups excluding carboxylic acids is 2. The number of nitrogens with one attached hydrogen (secondary N) is 2. The Kier molecular flexibility index (Phi) is 6.42. The number of nitrogens with zero attached hydrogens (tertiary/aromatic N) is 1. The topological polar surface area (TPSA) is 80.3 Å². The van der Waals surface area contributed by atoms with Crippen molar-refractivity contribution < 1.29 is 14.3 Å². The molecule has 4 rings (SSSR count). The van der Waals surface area contributed by atoms with Crippen molar-refractivity contribution >= 4 is 35.0 Å². The molecule has 2 aromatic carbocycles. The summed E-state index contributed by atoms with van der Waals surface area (Å²) in [7, 11) is 1.38. The van der Waals surface area contributed by atoms with Gasteiger partial charge in [0.05, 0.1) is 23.4 Å². The number of methoxy groups -OCH3 is 1. The number of amides is 1. The maximum Gasteiger partial charge on any atom is 0.338 e. The minimum absolute atomic E-state index is 0.00819. The van der Waals surface area contributed by atoms with Crippen LogP contribution in [0, 0.1) is 12.8 Å². The van der Waals surface area contributed by atoms with Crippen molar-refractivity contribution in [1.29, 1.82) is 0 Å². The molecule has 0 spiro atoms. The van der Waals surface area contributed by atoms with Gasteiger partial charge in [-0.05, 0) is 48.1 Å². The highest BCUT2D eigenvalue weighted by Crippen LogP contribution is 2.34. The van der Waals surface area contributed by atoms with Gasteiger partial charge in [0, 0.05) is 18.7 Å². The Morgan fingerprint density at radius 2 is 1.84 bits per heavy atom. The molecule has 0 atom stereocenters. The Morgan fingerprint density at radius 3 is 2.53 bits per heavy atom. The van der Waals surface area contributed by atoms with Crippen LogP contribution in [0.4, 0.5) is 11.5 Å². The third-order valence-electron chi connectivity index (χ3n) is 5.53. The van der Waals surface area contributed by atoms with Crippen LogP contribution in [0.1, 0.15) is 34.3 Å². The van der Waals surface area contributed by atoms with Gasteiger partial charge in [-0.3, -0.25) is 4.79 Å². The fourth-order valence-corrected chi connectivity index (χ4v) is 3.59. The van der Waals surface area contributed by atoms with E-state index in [1.165, 1.54) is 7.11 Å². The molecule has 0 aliphatic heterocycles. The van der Waals surface area contributed by atoms with E-state index in [9.17, 15) is 9.59 Å². The molecule has 1 aromatic heterocycles. The van der Waals surface area contributed by atoms with E-state index in [1.807, 2.05) is 49.4 Å². The van der Waals surface area contributed by atoms with Crippen LogP contribution in [-0.4, -0.2) is 24.0 Å². The number of halogens is 1. The summed E-state index contributed by atoms with van der Waals surface area (Å²) in [6, 6.07) is 15.3. The van der Waals surface area contributed by atoms with Gasteiger partial charge in [0.25, 0.3) is 0 Å². The lowest BCUT2D eigenvalue weighted by molar-refractivity contribution is -0.117. The second-order valence-corrected chi connectivity index (χ2v) is 8.21. The number of esters is 1. The fraction of sp³-hybridized carbons (Fsp3) is 0.240. The van der Waals surface area contributed by atoms with Gasteiger partial charge in [-0.15, -0.1) is 0 Å². The van der Waals surface area contributed by atoms with Gasteiger partial charge >= 0.3 is 5.97 Å². The van der Waals surface area contributed by atoms with E-state index in [-0.39, 0.29) is 17.8 Å². The molecular weight excluding hydrogens is 426 g/mol. The zero-order chi connectivity index (χ0) is 22.7. The number of carbonyl (C=O) groups is 2. The molecule has 3 aromatic rings. The molecule has 1 fully saturated rings. The van der Waals surface area contributed by atoms with Crippen LogP contribution in [-0.2, 0) is 16.1 Å². The monoisotopic (exact) mass is 449 g/mol. The summed E-state index contributed by atoms with van der Waals surface area (Å²) in [6.07, 6.45) is 3.43. The van der Waals surface area contributed by atoms with Crippen molar-refractivity contribution in [2.75, 3.05) is 17.7 Å². The Hall–Kier alpha value is -3.38. The average Bonchev–Trinajstić information content (AvgIpc) is 3.67. The van der Waals surface area contributed by atoms with Gasteiger partial charge in [-0.25, -0.2) is 9.78 Å². The van der Waals surface area contributed by atoms with E-state index in [2.05, 4.69) is 15.6 Å². The SMILES string of the molecule is COC(=O)c1ccccc1-c1ccc(CNc2ncc(Cl)c(C)c2NC(=O)C2CC2)cc1. The van der Waals surface area contributed by atoms with Crippen LogP contribution in [0.5, 0.6) is 0 Å². The first kappa shape index (κ1) is 21.8. The second-order valence-electron chi connectivity index (χ2n) is 7.81. The molecule has 7 heteroatoms. The van der Waals surface area contributed by atoms with Crippen molar-refractivity contribution in [2.45, 2.75) is 26.3 Å². The van der Waals surface area contributed by atoms with Crippen molar-refractivity contribution in [3.63, 3.8) is 0 Å². The van der Waals surface area contributed by atoms with Crippen LogP contribution >= 0.6 is 11.6 Å². The first-order chi connectivity index (χ1) is 15.5. The number of hydrogen-bond donors (Lipinski definition) is 2. The van der Waals surface area contributed by atoms with E-state index in [0.717, 1.165) is 35.1 Å². The fourth-order valence-electron chi connectivity index (χ4n) is 3.45. The Balaban J connectivity index is 1.50. The second kappa shape index (κ2) is 9.40. The highest BCUT2D eigenvalue weighted by atomic mass is 35.5. The lowest BCUT2D eigenvalue weighted by Crippen LogP contribution is -2.17. The Bertz CT molecular complexity index is 1160. The maximum absolute atomic E-state index is 12.3. The number of aromatic nitrogens is 1. The van der Waals surface area contributed by atoms with E-state index in [4.69, 9.17) is 16.3 Å². The maximum atomic E-state index is 12.3. The molecule has 1 aliphatic carbocycles. The molecule has 2 N–H and O–H groups in total. The van der Waals surface area contributed by atoms with E-state index in [0.29, 0.717) is 28.6 Å². The summed E-state index contributed by atoms with van der Waals surface area (Å²) < 4.78 is 4.89. The molecule has 1 heterocycles. The van der Waals surface area contributed by atoms with Gasteiger partial charge in [0.15, 0.2) is 0 Å². The van der Waals surface area contributed by atoms with Crippen molar-refractivity contribution in [3.8, 4) is 11.1 Å². The summed E-state index contributed by atoms with van der Waals surface area (Å²) in [6.45, 7) is 2.38. The molecule has 32 heavy (non-hydrogen) atoms. The highest BCUT2D eigenvalue weighted by Gasteiger charge is 2.30. The number of rotatable bonds is 7. The number of benzene rings is 2. The predicted octanol–water partition coefficient (Wildman–Crippen LogP) is 5.46. The van der Waals surface area contributed by atoms with Crippen LogP contribution in [0.3, 0.4) is 0 Å². The summed E-state index contributed by atoms with van der Waals surface area (Å²) in [5, 5.41) is 6.79. The molecular formula is C25H24ClN3O3. The lowest BCUT2D eigenvalue weighted by Gasteiger charge is -2.16. The zero-order valence-electron chi connectivity index (χ0n) is 17.9. The van der Waals surface area contributed by atoms with Crippen LogP contribution in [0.2, 0.25) is 5.02 Å².